The lowest BCUT2D eigenvalue weighted by Gasteiger charge is -2.11. The van der Waals surface area contributed by atoms with Gasteiger partial charge in [0.15, 0.2) is 0 Å². The number of hydrogen-bond acceptors (Lipinski definition) is 4. The average molecular weight is 395 g/mol. The lowest BCUT2D eigenvalue weighted by Crippen LogP contribution is -2.15. The van der Waals surface area contributed by atoms with E-state index < -0.39 is 0 Å². The maximum absolute atomic E-state index is 5.77. The lowest BCUT2D eigenvalue weighted by atomic mass is 10.2. The molecule has 2 rings (SSSR count). The molecule has 18 heavy (non-hydrogen) atoms. The Balaban J connectivity index is 2.26. The van der Waals surface area contributed by atoms with Gasteiger partial charge in [-0.3, -0.25) is 0 Å². The number of thiophene rings is 1. The van der Waals surface area contributed by atoms with E-state index in [0.717, 1.165) is 19.8 Å². The van der Waals surface area contributed by atoms with Crippen LogP contribution in [0.25, 0.3) is 0 Å². The standard InChI is InChI=1S/C12H13Br2NO2S/c1-15-11(10-5-8(13)12(14)18-10)9-4-3-7(17-9)6-16-2/h3-5,11,15H,6H2,1-2H3. The quantitative estimate of drug-likeness (QED) is 0.819. The molecule has 0 aliphatic rings. The van der Waals surface area contributed by atoms with Gasteiger partial charge in [-0.1, -0.05) is 0 Å². The third-order valence-corrected chi connectivity index (χ3v) is 5.81. The predicted octanol–water partition coefficient (Wildman–Crippen LogP) is 4.32. The van der Waals surface area contributed by atoms with Crippen LogP contribution in [0.4, 0.5) is 0 Å². The second kappa shape index (κ2) is 6.34. The van der Waals surface area contributed by atoms with Crippen molar-refractivity contribution in [3.63, 3.8) is 0 Å². The Bertz CT molecular complexity index is 504. The van der Waals surface area contributed by atoms with Crippen LogP contribution in [-0.4, -0.2) is 14.2 Å². The summed E-state index contributed by atoms with van der Waals surface area (Å²) in [5, 5.41) is 3.26. The molecule has 1 unspecified atom stereocenters. The first kappa shape index (κ1) is 14.3. The van der Waals surface area contributed by atoms with Crippen LogP contribution in [0.2, 0.25) is 0 Å². The van der Waals surface area contributed by atoms with Gasteiger partial charge in [-0.2, -0.15) is 0 Å². The van der Waals surface area contributed by atoms with Crippen LogP contribution in [0.5, 0.6) is 0 Å². The van der Waals surface area contributed by atoms with Crippen molar-refractivity contribution in [2.75, 3.05) is 14.2 Å². The number of hydrogen-bond donors (Lipinski definition) is 1. The van der Waals surface area contributed by atoms with Crippen LogP contribution >= 0.6 is 43.2 Å². The Morgan fingerprint density at radius 1 is 1.44 bits per heavy atom. The highest BCUT2D eigenvalue weighted by Crippen LogP contribution is 2.37. The van der Waals surface area contributed by atoms with Crippen molar-refractivity contribution < 1.29 is 9.15 Å². The number of furan rings is 1. The molecule has 0 aliphatic heterocycles. The first-order valence-corrected chi connectivity index (χ1v) is 7.75. The van der Waals surface area contributed by atoms with E-state index in [-0.39, 0.29) is 6.04 Å². The van der Waals surface area contributed by atoms with Gasteiger partial charge in [0.25, 0.3) is 0 Å². The minimum atomic E-state index is 0.0585. The van der Waals surface area contributed by atoms with Crippen LogP contribution in [0.1, 0.15) is 22.4 Å². The largest absolute Gasteiger partial charge is 0.462 e. The summed E-state index contributed by atoms with van der Waals surface area (Å²) < 4.78 is 13.0. The van der Waals surface area contributed by atoms with E-state index >= 15 is 0 Å². The van der Waals surface area contributed by atoms with Crippen molar-refractivity contribution >= 4 is 43.2 Å². The van der Waals surface area contributed by atoms with Crippen molar-refractivity contribution in [3.8, 4) is 0 Å². The van der Waals surface area contributed by atoms with Gasteiger partial charge in [0.2, 0.25) is 0 Å². The highest BCUT2D eigenvalue weighted by atomic mass is 79.9. The Morgan fingerprint density at radius 2 is 2.22 bits per heavy atom. The molecule has 2 aromatic heterocycles. The van der Waals surface area contributed by atoms with Crippen molar-refractivity contribution in [1.29, 1.82) is 0 Å². The molecule has 1 N–H and O–H groups in total. The van der Waals surface area contributed by atoms with Gasteiger partial charge in [-0.15, -0.1) is 11.3 Å². The highest BCUT2D eigenvalue weighted by molar-refractivity contribution is 9.13. The topological polar surface area (TPSA) is 34.4 Å². The zero-order valence-corrected chi connectivity index (χ0v) is 14.0. The van der Waals surface area contributed by atoms with Crippen molar-refractivity contribution in [3.05, 3.63) is 42.9 Å². The summed E-state index contributed by atoms with van der Waals surface area (Å²) in [5.41, 5.74) is 0. The molecule has 0 radical (unpaired) electrons. The molecular weight excluding hydrogens is 382 g/mol. The number of nitrogens with one attached hydrogen (secondary N) is 1. The van der Waals surface area contributed by atoms with E-state index in [1.807, 2.05) is 19.2 Å². The normalized spacial score (nSPS) is 12.9. The van der Waals surface area contributed by atoms with Gasteiger partial charge >= 0.3 is 0 Å². The van der Waals surface area contributed by atoms with Crippen molar-refractivity contribution in [1.82, 2.24) is 5.32 Å². The van der Waals surface area contributed by atoms with Gasteiger partial charge in [0, 0.05) is 16.5 Å². The summed E-state index contributed by atoms with van der Waals surface area (Å²) >= 11 is 8.69. The molecular formula is C12H13Br2NO2S. The predicted molar refractivity (Wildman–Crippen MR) is 80.0 cm³/mol. The van der Waals surface area contributed by atoms with Crippen LogP contribution in [0.3, 0.4) is 0 Å². The molecule has 0 saturated carbocycles. The fraction of sp³-hybridized carbons (Fsp3) is 0.333. The minimum Gasteiger partial charge on any atom is -0.462 e. The van der Waals surface area contributed by atoms with E-state index in [0.29, 0.717) is 6.61 Å². The number of methoxy groups -OCH3 is 1. The molecule has 2 heterocycles. The molecule has 1 atom stereocenters. The summed E-state index contributed by atoms with van der Waals surface area (Å²) in [4.78, 5) is 1.19. The molecule has 98 valence electrons. The van der Waals surface area contributed by atoms with Gasteiger partial charge < -0.3 is 14.5 Å². The fourth-order valence-corrected chi connectivity index (χ4v) is 3.91. The molecule has 0 fully saturated rings. The van der Waals surface area contributed by atoms with Crippen LogP contribution in [0.15, 0.2) is 30.9 Å². The molecule has 0 spiro atoms. The first-order valence-electron chi connectivity index (χ1n) is 5.35. The summed E-state index contributed by atoms with van der Waals surface area (Å²) in [5.74, 6) is 1.73. The lowest BCUT2D eigenvalue weighted by molar-refractivity contribution is 0.162. The van der Waals surface area contributed by atoms with E-state index in [4.69, 9.17) is 9.15 Å². The Hall–Kier alpha value is -0.140. The fourth-order valence-electron chi connectivity index (χ4n) is 1.70. The monoisotopic (exact) mass is 393 g/mol. The zero-order chi connectivity index (χ0) is 13.1. The molecule has 0 amide bonds. The smallest absolute Gasteiger partial charge is 0.129 e. The van der Waals surface area contributed by atoms with Gasteiger partial charge in [0.1, 0.15) is 24.2 Å². The number of rotatable bonds is 5. The maximum atomic E-state index is 5.77. The highest BCUT2D eigenvalue weighted by Gasteiger charge is 2.19. The molecule has 2 aromatic rings. The van der Waals surface area contributed by atoms with Gasteiger partial charge in [-0.05, 0) is 57.1 Å². The van der Waals surface area contributed by atoms with E-state index in [1.165, 1.54) is 4.88 Å². The maximum Gasteiger partial charge on any atom is 0.129 e. The average Bonchev–Trinajstić information content (AvgIpc) is 2.90. The molecule has 0 saturated heterocycles. The van der Waals surface area contributed by atoms with Crippen molar-refractivity contribution in [2.45, 2.75) is 12.6 Å². The van der Waals surface area contributed by atoms with Crippen molar-refractivity contribution in [2.24, 2.45) is 0 Å². The summed E-state index contributed by atoms with van der Waals surface area (Å²) in [6, 6.07) is 6.08. The zero-order valence-electron chi connectivity index (χ0n) is 10.00. The van der Waals surface area contributed by atoms with Gasteiger partial charge in [0.05, 0.1) is 3.79 Å². The number of ether oxygens (including phenoxy) is 1. The third-order valence-electron chi connectivity index (χ3n) is 2.49. The second-order valence-electron chi connectivity index (χ2n) is 3.73. The second-order valence-corrected chi connectivity index (χ2v) is 6.99. The van der Waals surface area contributed by atoms with Crippen LogP contribution < -0.4 is 5.32 Å². The van der Waals surface area contributed by atoms with E-state index in [2.05, 4.69) is 43.2 Å². The molecule has 0 aromatic carbocycles. The van der Waals surface area contributed by atoms with E-state index in [9.17, 15) is 0 Å². The number of halogens is 2. The summed E-state index contributed by atoms with van der Waals surface area (Å²) in [7, 11) is 3.58. The molecule has 6 heteroatoms. The Labute approximate surface area is 127 Å². The summed E-state index contributed by atoms with van der Waals surface area (Å²) in [6.07, 6.45) is 0. The Kier molecular flexibility index (Phi) is 5.03. The van der Waals surface area contributed by atoms with Crippen LogP contribution in [-0.2, 0) is 11.3 Å². The third kappa shape index (κ3) is 3.05. The molecule has 0 bridgehead atoms. The summed E-state index contributed by atoms with van der Waals surface area (Å²) in [6.45, 7) is 0.494. The molecule has 3 nitrogen and oxygen atoms in total. The first-order chi connectivity index (χ1) is 8.65. The van der Waals surface area contributed by atoms with E-state index in [1.54, 1.807) is 18.4 Å². The Morgan fingerprint density at radius 3 is 2.78 bits per heavy atom. The van der Waals surface area contributed by atoms with Crippen LogP contribution in [0, 0.1) is 0 Å². The minimum absolute atomic E-state index is 0.0585. The molecule has 0 aliphatic carbocycles. The van der Waals surface area contributed by atoms with Gasteiger partial charge in [-0.25, -0.2) is 0 Å². The SMILES string of the molecule is CNC(c1ccc(COC)o1)c1cc(Br)c(Br)s1.